The molecule has 0 atom stereocenters. The van der Waals surface area contributed by atoms with Crippen LogP contribution in [0.15, 0.2) is 12.2 Å². The van der Waals surface area contributed by atoms with Gasteiger partial charge in [0.15, 0.2) is 0 Å². The monoisotopic (exact) mass is 352 g/mol. The number of carbonyl (C=O) groups is 1. The highest BCUT2D eigenvalue weighted by Crippen LogP contribution is 2.41. The number of rotatable bonds is 10. The summed E-state index contributed by atoms with van der Waals surface area (Å²) >= 11 is 0. The van der Waals surface area contributed by atoms with E-state index in [2.05, 4.69) is 11.3 Å². The smallest absolute Gasteiger partial charge is 0.431 e. The van der Waals surface area contributed by atoms with Gasteiger partial charge in [-0.25, -0.2) is 4.79 Å². The summed E-state index contributed by atoms with van der Waals surface area (Å²) in [6, 6.07) is 0. The van der Waals surface area contributed by atoms with Crippen LogP contribution in [0.1, 0.15) is 19.8 Å². The first kappa shape index (κ1) is 20.8. The van der Waals surface area contributed by atoms with Gasteiger partial charge in [0.25, 0.3) is 0 Å². The van der Waals surface area contributed by atoms with Crippen LogP contribution in [0.5, 0.6) is 0 Å². The van der Waals surface area contributed by atoms with E-state index in [0.29, 0.717) is 0 Å². The quantitative estimate of drug-likeness (QED) is 0.213. The first-order valence-electron chi connectivity index (χ1n) is 5.96. The van der Waals surface area contributed by atoms with Gasteiger partial charge in [-0.2, -0.15) is 26.0 Å². The molecule has 0 rings (SSSR count). The molecule has 0 amide bonds. The van der Waals surface area contributed by atoms with Gasteiger partial charge in [-0.15, -0.1) is 0 Å². The number of carbonyl (C=O) groups excluding carboxylic acids is 1. The van der Waals surface area contributed by atoms with Crippen molar-refractivity contribution >= 4 is 16.1 Å². The van der Waals surface area contributed by atoms with Crippen molar-refractivity contribution in [1.29, 1.82) is 0 Å². The van der Waals surface area contributed by atoms with Crippen LogP contribution < -0.4 is 0 Å². The van der Waals surface area contributed by atoms with Crippen molar-refractivity contribution in [3.05, 3.63) is 12.2 Å². The fourth-order valence-electron chi connectivity index (χ4n) is 1.15. The molecule has 11 heteroatoms. The van der Waals surface area contributed by atoms with E-state index in [1.54, 1.807) is 0 Å². The van der Waals surface area contributed by atoms with Gasteiger partial charge in [-0.3, -0.25) is 4.55 Å². The number of esters is 1. The molecule has 130 valence electrons. The van der Waals surface area contributed by atoms with E-state index in [1.807, 2.05) is 0 Å². The van der Waals surface area contributed by atoms with Crippen molar-refractivity contribution in [1.82, 2.24) is 0 Å². The maximum absolute atomic E-state index is 13.0. The fraction of sp³-hybridized carbons (Fsp3) is 0.727. The predicted molar refractivity (Wildman–Crippen MR) is 67.3 cm³/mol. The van der Waals surface area contributed by atoms with Crippen LogP contribution in [0.4, 0.5) is 17.6 Å². The lowest BCUT2D eigenvalue weighted by Gasteiger charge is -2.23. The van der Waals surface area contributed by atoms with Gasteiger partial charge < -0.3 is 9.47 Å². The molecule has 0 heterocycles. The minimum Gasteiger partial charge on any atom is -0.460 e. The van der Waals surface area contributed by atoms with Crippen molar-refractivity contribution in [2.75, 3.05) is 19.8 Å². The van der Waals surface area contributed by atoms with E-state index in [4.69, 9.17) is 9.29 Å². The molecule has 0 aromatic rings. The highest BCUT2D eigenvalue weighted by atomic mass is 32.2. The number of halogens is 4. The molecule has 0 aliphatic carbocycles. The summed E-state index contributed by atoms with van der Waals surface area (Å²) in [4.78, 5) is 10.9. The standard InChI is InChI=1S/C11H16F4O6S/c1-8(2)9(16)21-7-6-20-5-3-4-10(12,13)11(14,15)22(17,18)19/h1,3-7H2,2H3,(H,17,18,19). The van der Waals surface area contributed by atoms with E-state index < -0.39 is 40.1 Å². The average molecular weight is 352 g/mol. The van der Waals surface area contributed by atoms with Gasteiger partial charge in [0.05, 0.1) is 6.61 Å². The van der Waals surface area contributed by atoms with Crippen molar-refractivity contribution < 1.29 is 44.8 Å². The lowest BCUT2D eigenvalue weighted by molar-refractivity contribution is -0.166. The van der Waals surface area contributed by atoms with Crippen LogP contribution in [0.2, 0.25) is 0 Å². The highest BCUT2D eigenvalue weighted by molar-refractivity contribution is 7.87. The molecule has 0 fully saturated rings. The van der Waals surface area contributed by atoms with Crippen LogP contribution in [0, 0.1) is 0 Å². The van der Waals surface area contributed by atoms with Crippen LogP contribution in [0.25, 0.3) is 0 Å². The third-order valence-electron chi connectivity index (χ3n) is 2.34. The Bertz CT molecular complexity index is 503. The molecule has 0 radical (unpaired) electrons. The van der Waals surface area contributed by atoms with Crippen LogP contribution in [-0.2, 0) is 24.4 Å². The van der Waals surface area contributed by atoms with Gasteiger partial charge in [0.1, 0.15) is 6.61 Å². The maximum Gasteiger partial charge on any atom is 0.431 e. The molecule has 1 N–H and O–H groups in total. The van der Waals surface area contributed by atoms with E-state index in [0.717, 1.165) is 0 Å². The minimum absolute atomic E-state index is 0.153. The Morgan fingerprint density at radius 3 is 2.18 bits per heavy atom. The Morgan fingerprint density at radius 2 is 1.73 bits per heavy atom. The summed E-state index contributed by atoms with van der Waals surface area (Å²) < 4.78 is 89.6. The molecule has 6 nitrogen and oxygen atoms in total. The number of ether oxygens (including phenoxy) is 2. The van der Waals surface area contributed by atoms with E-state index in [9.17, 15) is 30.8 Å². The lowest BCUT2D eigenvalue weighted by atomic mass is 10.2. The van der Waals surface area contributed by atoms with Crippen LogP contribution in [0.3, 0.4) is 0 Å². The predicted octanol–water partition coefficient (Wildman–Crippen LogP) is 2.02. The van der Waals surface area contributed by atoms with Crippen molar-refractivity contribution in [3.8, 4) is 0 Å². The number of alkyl halides is 4. The van der Waals surface area contributed by atoms with Gasteiger partial charge in [0, 0.05) is 18.6 Å². The van der Waals surface area contributed by atoms with Crippen molar-refractivity contribution in [2.45, 2.75) is 30.9 Å². The molecule has 22 heavy (non-hydrogen) atoms. The Hall–Kier alpha value is -1.20. The zero-order valence-corrected chi connectivity index (χ0v) is 12.5. The van der Waals surface area contributed by atoms with Gasteiger partial charge in [-0.05, 0) is 13.3 Å². The second-order valence-corrected chi connectivity index (χ2v) is 5.79. The maximum atomic E-state index is 13.0. The summed E-state index contributed by atoms with van der Waals surface area (Å²) in [6.45, 7) is 4.01. The Balaban J connectivity index is 4.06. The molecule has 0 saturated carbocycles. The SMILES string of the molecule is C=C(C)C(=O)OCCOCCCC(F)(F)C(F)(F)S(=O)(=O)O. The molecular formula is C11H16F4O6S. The second-order valence-electron chi connectivity index (χ2n) is 4.33. The Kier molecular flexibility index (Phi) is 7.45. The van der Waals surface area contributed by atoms with Gasteiger partial charge in [0.2, 0.25) is 0 Å². The van der Waals surface area contributed by atoms with E-state index in [-0.39, 0.29) is 25.4 Å². The Labute approximate surface area is 124 Å². The minimum atomic E-state index is -6.22. The first-order valence-corrected chi connectivity index (χ1v) is 7.40. The first-order chi connectivity index (χ1) is 9.83. The zero-order valence-electron chi connectivity index (χ0n) is 11.7. The molecule has 0 aliphatic heterocycles. The molecule has 0 aliphatic rings. The number of hydrogen-bond donors (Lipinski definition) is 1. The molecular weight excluding hydrogens is 336 g/mol. The molecule has 0 spiro atoms. The third-order valence-corrected chi connectivity index (χ3v) is 3.29. The van der Waals surface area contributed by atoms with Crippen LogP contribution in [-0.4, -0.2) is 49.9 Å². The van der Waals surface area contributed by atoms with Gasteiger partial charge in [-0.1, -0.05) is 6.58 Å². The van der Waals surface area contributed by atoms with Crippen molar-refractivity contribution in [2.24, 2.45) is 0 Å². The van der Waals surface area contributed by atoms with Crippen LogP contribution >= 0.6 is 0 Å². The molecule has 0 aromatic heterocycles. The second kappa shape index (κ2) is 7.88. The lowest BCUT2D eigenvalue weighted by Crippen LogP contribution is -2.46. The molecule has 0 unspecified atom stereocenters. The summed E-state index contributed by atoms with van der Waals surface area (Å²) in [5, 5.41) is -5.57. The third kappa shape index (κ3) is 5.89. The normalized spacial score (nSPS) is 13.0. The van der Waals surface area contributed by atoms with E-state index >= 15 is 0 Å². The molecule has 0 bridgehead atoms. The topological polar surface area (TPSA) is 89.9 Å². The zero-order chi connectivity index (χ0) is 17.6. The molecule has 0 aromatic carbocycles. The van der Waals surface area contributed by atoms with E-state index in [1.165, 1.54) is 6.92 Å². The fourth-order valence-corrected chi connectivity index (χ4v) is 1.63. The summed E-state index contributed by atoms with van der Waals surface area (Å²) in [7, 11) is -6.22. The summed E-state index contributed by atoms with van der Waals surface area (Å²) in [5.41, 5.74) is 0.159. The van der Waals surface area contributed by atoms with Crippen molar-refractivity contribution in [3.63, 3.8) is 0 Å². The highest BCUT2D eigenvalue weighted by Gasteiger charge is 2.64. The van der Waals surface area contributed by atoms with Gasteiger partial charge >= 0.3 is 27.3 Å². The summed E-state index contributed by atoms with van der Waals surface area (Å²) in [6.07, 6.45) is -2.10. The molecule has 0 saturated heterocycles. The average Bonchev–Trinajstić information content (AvgIpc) is 2.35. The Morgan fingerprint density at radius 1 is 1.18 bits per heavy atom. The summed E-state index contributed by atoms with van der Waals surface area (Å²) in [5.74, 6) is -5.60. The largest absolute Gasteiger partial charge is 0.460 e. The number of hydrogen-bond acceptors (Lipinski definition) is 5.